The second kappa shape index (κ2) is 6.54. The van der Waals surface area contributed by atoms with Gasteiger partial charge in [0, 0.05) is 5.56 Å². The fourth-order valence-electron chi connectivity index (χ4n) is 2.54. The Hall–Kier alpha value is -1.79. The highest BCUT2D eigenvalue weighted by molar-refractivity contribution is 8.18. The number of thioether (sulfide) groups is 1. The molecular formula is C16H20N3O2S+. The first-order valence-electron chi connectivity index (χ1n) is 7.39. The number of para-hydroxylation sites is 1. The number of benzene rings is 1. The van der Waals surface area contributed by atoms with E-state index in [1.54, 1.807) is 7.11 Å². The second-order valence-electron chi connectivity index (χ2n) is 5.50. The maximum Gasteiger partial charge on any atom is 0.286 e. The van der Waals surface area contributed by atoms with Gasteiger partial charge in [-0.05, 0) is 23.9 Å². The van der Waals surface area contributed by atoms with E-state index in [1.165, 1.54) is 16.7 Å². The number of nitrogens with zero attached hydrogens (tertiary/aromatic N) is 2. The van der Waals surface area contributed by atoms with Gasteiger partial charge in [0.25, 0.3) is 5.91 Å². The molecule has 1 aromatic rings. The van der Waals surface area contributed by atoms with Crippen molar-refractivity contribution in [2.24, 2.45) is 4.99 Å². The number of amides is 1. The lowest BCUT2D eigenvalue weighted by Gasteiger charge is -2.30. The minimum atomic E-state index is -0.155. The van der Waals surface area contributed by atoms with Crippen LogP contribution in [0.4, 0.5) is 0 Å². The molecular weight excluding hydrogens is 298 g/mol. The molecule has 0 spiro atoms. The predicted octanol–water partition coefficient (Wildman–Crippen LogP) is 0.496. The van der Waals surface area contributed by atoms with E-state index in [4.69, 9.17) is 4.74 Å². The zero-order valence-corrected chi connectivity index (χ0v) is 13.7. The SMILES string of the molecule is COc1ccccc1/C=C1\SC(N2CC[NH+](C)CC2)=NC1=O. The summed E-state index contributed by atoms with van der Waals surface area (Å²) in [5, 5.41) is 0.832. The van der Waals surface area contributed by atoms with Crippen molar-refractivity contribution in [3.63, 3.8) is 0 Å². The number of nitrogens with one attached hydrogen (secondary N) is 1. The van der Waals surface area contributed by atoms with Gasteiger partial charge in [-0.3, -0.25) is 4.79 Å². The first kappa shape index (κ1) is 15.1. The van der Waals surface area contributed by atoms with Gasteiger partial charge in [0.1, 0.15) is 5.75 Å². The first-order valence-corrected chi connectivity index (χ1v) is 8.21. The van der Waals surface area contributed by atoms with Crippen molar-refractivity contribution in [3.8, 4) is 5.75 Å². The van der Waals surface area contributed by atoms with E-state index in [1.807, 2.05) is 30.3 Å². The quantitative estimate of drug-likeness (QED) is 0.807. The summed E-state index contributed by atoms with van der Waals surface area (Å²) < 4.78 is 5.33. The molecule has 0 atom stereocenters. The standard InChI is InChI=1S/C16H19N3O2S/c1-18-7-9-19(10-8-18)16-17-15(20)14(22-16)11-12-5-3-4-6-13(12)21-2/h3-6,11H,7-10H2,1-2H3/p+1/b14-11-. The summed E-state index contributed by atoms with van der Waals surface area (Å²) in [6.07, 6.45) is 1.86. The first-order chi connectivity index (χ1) is 10.7. The molecule has 2 heterocycles. The smallest absolute Gasteiger partial charge is 0.286 e. The van der Waals surface area contributed by atoms with Gasteiger partial charge in [0.15, 0.2) is 5.17 Å². The van der Waals surface area contributed by atoms with Crippen LogP contribution in [0, 0.1) is 0 Å². The number of hydrogen-bond donors (Lipinski definition) is 1. The molecule has 0 saturated carbocycles. The molecule has 2 aliphatic rings. The largest absolute Gasteiger partial charge is 0.496 e. The van der Waals surface area contributed by atoms with Crippen LogP contribution in [0.2, 0.25) is 0 Å². The molecule has 0 unspecified atom stereocenters. The van der Waals surface area contributed by atoms with Gasteiger partial charge in [-0.25, -0.2) is 0 Å². The van der Waals surface area contributed by atoms with E-state index < -0.39 is 0 Å². The van der Waals surface area contributed by atoms with Gasteiger partial charge >= 0.3 is 0 Å². The van der Waals surface area contributed by atoms with Crippen LogP contribution < -0.4 is 9.64 Å². The molecule has 1 N–H and O–H groups in total. The molecule has 1 aromatic carbocycles. The van der Waals surface area contributed by atoms with Gasteiger partial charge in [-0.1, -0.05) is 18.2 Å². The summed E-state index contributed by atoms with van der Waals surface area (Å²) in [6, 6.07) is 7.68. The molecule has 0 bridgehead atoms. The molecule has 5 nitrogen and oxygen atoms in total. The molecule has 0 aromatic heterocycles. The Bertz CT molecular complexity index is 634. The van der Waals surface area contributed by atoms with Crippen LogP contribution >= 0.6 is 11.8 Å². The molecule has 22 heavy (non-hydrogen) atoms. The number of hydrogen-bond acceptors (Lipinski definition) is 4. The highest BCUT2D eigenvalue weighted by Gasteiger charge is 2.28. The van der Waals surface area contributed by atoms with Crippen LogP contribution in [0.1, 0.15) is 5.56 Å². The van der Waals surface area contributed by atoms with E-state index in [0.717, 1.165) is 42.7 Å². The highest BCUT2D eigenvalue weighted by Crippen LogP contribution is 2.32. The summed E-state index contributed by atoms with van der Waals surface area (Å²) >= 11 is 1.46. The third-order valence-electron chi connectivity index (χ3n) is 3.92. The maximum absolute atomic E-state index is 12.1. The number of quaternary nitrogens is 1. The van der Waals surface area contributed by atoms with E-state index in [-0.39, 0.29) is 5.91 Å². The van der Waals surface area contributed by atoms with Crippen LogP contribution in [-0.4, -0.2) is 56.3 Å². The second-order valence-corrected chi connectivity index (χ2v) is 6.51. The normalized spacial score (nSPS) is 21.4. The molecule has 6 heteroatoms. The number of piperazine rings is 1. The van der Waals surface area contributed by atoms with Crippen LogP contribution in [0.25, 0.3) is 6.08 Å². The van der Waals surface area contributed by atoms with E-state index in [2.05, 4.69) is 16.9 Å². The lowest BCUT2D eigenvalue weighted by Crippen LogP contribution is -3.12. The third kappa shape index (κ3) is 3.18. The fraction of sp³-hybridized carbons (Fsp3) is 0.375. The maximum atomic E-state index is 12.1. The summed E-state index contributed by atoms with van der Waals surface area (Å²) in [4.78, 5) is 20.8. The molecule has 1 saturated heterocycles. The van der Waals surface area contributed by atoms with Crippen molar-refractivity contribution in [2.45, 2.75) is 0 Å². The number of rotatable bonds is 2. The molecule has 1 amide bonds. The Morgan fingerprint density at radius 1 is 1.32 bits per heavy atom. The number of likely N-dealkylation sites (N-methyl/N-ethyl adjacent to an activating group) is 1. The number of carbonyl (C=O) groups excluding carboxylic acids is 1. The monoisotopic (exact) mass is 318 g/mol. The lowest BCUT2D eigenvalue weighted by atomic mass is 10.2. The average Bonchev–Trinajstić information content (AvgIpc) is 2.89. The third-order valence-corrected chi connectivity index (χ3v) is 4.97. The molecule has 0 aliphatic carbocycles. The van der Waals surface area contributed by atoms with Crippen molar-refractivity contribution < 1.29 is 14.4 Å². The zero-order valence-electron chi connectivity index (χ0n) is 12.8. The zero-order chi connectivity index (χ0) is 15.5. The average molecular weight is 318 g/mol. The Balaban J connectivity index is 1.75. The number of methoxy groups -OCH3 is 1. The summed E-state index contributed by atoms with van der Waals surface area (Å²) in [5.41, 5.74) is 0.903. The van der Waals surface area contributed by atoms with Gasteiger partial charge in [0.2, 0.25) is 0 Å². The van der Waals surface area contributed by atoms with E-state index >= 15 is 0 Å². The molecule has 2 aliphatic heterocycles. The van der Waals surface area contributed by atoms with Gasteiger partial charge in [-0.15, -0.1) is 0 Å². The van der Waals surface area contributed by atoms with Crippen molar-refractivity contribution in [2.75, 3.05) is 40.3 Å². The fourth-order valence-corrected chi connectivity index (χ4v) is 3.50. The molecule has 3 rings (SSSR count). The summed E-state index contributed by atoms with van der Waals surface area (Å²) in [7, 11) is 3.83. The van der Waals surface area contributed by atoms with E-state index in [0.29, 0.717) is 4.91 Å². The van der Waals surface area contributed by atoms with Gasteiger partial charge in [0.05, 0.1) is 45.2 Å². The lowest BCUT2D eigenvalue weighted by molar-refractivity contribution is -0.883. The topological polar surface area (TPSA) is 46.3 Å². The Labute approximate surface area is 134 Å². The number of amidine groups is 1. The van der Waals surface area contributed by atoms with Gasteiger partial charge in [-0.2, -0.15) is 4.99 Å². The predicted molar refractivity (Wildman–Crippen MR) is 89.2 cm³/mol. The van der Waals surface area contributed by atoms with Crippen molar-refractivity contribution in [1.29, 1.82) is 0 Å². The van der Waals surface area contributed by atoms with Crippen molar-refractivity contribution in [3.05, 3.63) is 34.7 Å². The summed E-state index contributed by atoms with van der Waals surface area (Å²) in [5.74, 6) is 0.609. The van der Waals surface area contributed by atoms with Crippen LogP contribution in [-0.2, 0) is 4.79 Å². The Morgan fingerprint density at radius 2 is 2.05 bits per heavy atom. The highest BCUT2D eigenvalue weighted by atomic mass is 32.2. The summed E-state index contributed by atoms with van der Waals surface area (Å²) in [6.45, 7) is 4.07. The molecule has 116 valence electrons. The number of aliphatic imine (C=N–C) groups is 1. The van der Waals surface area contributed by atoms with Crippen LogP contribution in [0.3, 0.4) is 0 Å². The molecule has 1 fully saturated rings. The van der Waals surface area contributed by atoms with Crippen molar-refractivity contribution in [1.82, 2.24) is 4.90 Å². The Kier molecular flexibility index (Phi) is 4.49. The Morgan fingerprint density at radius 3 is 2.77 bits per heavy atom. The van der Waals surface area contributed by atoms with Crippen LogP contribution in [0.5, 0.6) is 5.75 Å². The minimum Gasteiger partial charge on any atom is -0.496 e. The van der Waals surface area contributed by atoms with Crippen molar-refractivity contribution >= 4 is 28.9 Å². The number of carbonyl (C=O) groups is 1. The number of ether oxygens (including phenoxy) is 1. The minimum absolute atomic E-state index is 0.155. The van der Waals surface area contributed by atoms with Crippen LogP contribution in [0.15, 0.2) is 34.2 Å². The van der Waals surface area contributed by atoms with E-state index in [9.17, 15) is 4.79 Å². The van der Waals surface area contributed by atoms with Gasteiger partial charge < -0.3 is 14.5 Å². The molecule has 0 radical (unpaired) electrons.